The molecule has 129 valence electrons. The van der Waals surface area contributed by atoms with Crippen LogP contribution < -0.4 is 5.32 Å². The maximum absolute atomic E-state index is 11.5. The molecule has 0 saturated carbocycles. The summed E-state index contributed by atoms with van der Waals surface area (Å²) in [6.07, 6.45) is 2.72. The van der Waals surface area contributed by atoms with Crippen molar-refractivity contribution < 1.29 is 19.0 Å². The van der Waals surface area contributed by atoms with Crippen LogP contribution in [0.25, 0.3) is 0 Å². The minimum atomic E-state index is -0.267. The zero-order valence-electron chi connectivity index (χ0n) is 14.0. The van der Waals surface area contributed by atoms with Crippen LogP contribution in [0, 0.1) is 6.92 Å². The van der Waals surface area contributed by atoms with Crippen LogP contribution >= 0.6 is 0 Å². The molecule has 1 aliphatic rings. The quantitative estimate of drug-likeness (QED) is 0.459. The van der Waals surface area contributed by atoms with E-state index in [0.717, 1.165) is 38.9 Å². The van der Waals surface area contributed by atoms with Crippen LogP contribution in [0.5, 0.6) is 0 Å². The Morgan fingerprint density at radius 1 is 1.32 bits per heavy atom. The third-order valence-electron chi connectivity index (χ3n) is 3.71. The molecule has 1 radical (unpaired) electrons. The van der Waals surface area contributed by atoms with Crippen molar-refractivity contribution in [3.05, 3.63) is 6.92 Å². The van der Waals surface area contributed by atoms with Crippen molar-refractivity contribution in [1.29, 1.82) is 0 Å². The van der Waals surface area contributed by atoms with Gasteiger partial charge in [-0.3, -0.25) is 4.79 Å². The molecular formula is C16H31N2O4. The van der Waals surface area contributed by atoms with Crippen molar-refractivity contribution in [1.82, 2.24) is 10.2 Å². The van der Waals surface area contributed by atoms with E-state index in [0.29, 0.717) is 26.4 Å². The Morgan fingerprint density at radius 3 is 2.68 bits per heavy atom. The summed E-state index contributed by atoms with van der Waals surface area (Å²) in [5, 5.41) is 3.33. The second-order valence-corrected chi connectivity index (χ2v) is 5.36. The Bertz CT molecular complexity index is 296. The number of piperazine rings is 1. The second-order valence-electron chi connectivity index (χ2n) is 5.36. The molecule has 22 heavy (non-hydrogen) atoms. The molecule has 1 aliphatic heterocycles. The van der Waals surface area contributed by atoms with Crippen LogP contribution in [-0.2, 0) is 19.0 Å². The molecule has 1 N–H and O–H groups in total. The van der Waals surface area contributed by atoms with Gasteiger partial charge in [0, 0.05) is 52.4 Å². The van der Waals surface area contributed by atoms with Gasteiger partial charge in [0.15, 0.2) is 6.29 Å². The number of hydrogen-bond acceptors (Lipinski definition) is 5. The van der Waals surface area contributed by atoms with Crippen LogP contribution in [0.3, 0.4) is 0 Å². The summed E-state index contributed by atoms with van der Waals surface area (Å²) in [5.41, 5.74) is 0. The lowest BCUT2D eigenvalue weighted by Gasteiger charge is -2.35. The van der Waals surface area contributed by atoms with Crippen LogP contribution in [0.15, 0.2) is 0 Å². The maximum Gasteiger partial charge on any atom is 0.223 e. The molecule has 1 atom stereocenters. The van der Waals surface area contributed by atoms with Gasteiger partial charge in [-0.2, -0.15) is 0 Å². The molecular weight excluding hydrogens is 284 g/mol. The molecule has 1 saturated heterocycles. The fourth-order valence-corrected chi connectivity index (χ4v) is 2.63. The molecule has 1 rings (SSSR count). The summed E-state index contributed by atoms with van der Waals surface area (Å²) in [5.74, 6) is -0.0704. The number of rotatable bonds is 11. The van der Waals surface area contributed by atoms with Gasteiger partial charge in [0.05, 0.1) is 6.61 Å². The van der Waals surface area contributed by atoms with E-state index in [1.54, 1.807) is 0 Å². The number of unbranched alkanes of at least 4 members (excludes halogenated alkanes) is 1. The summed E-state index contributed by atoms with van der Waals surface area (Å²) in [7, 11) is 0. The van der Waals surface area contributed by atoms with Crippen molar-refractivity contribution in [2.75, 3.05) is 46.1 Å². The molecule has 0 aliphatic carbocycles. The fourth-order valence-electron chi connectivity index (χ4n) is 2.63. The van der Waals surface area contributed by atoms with E-state index in [-0.39, 0.29) is 18.2 Å². The highest BCUT2D eigenvalue weighted by Crippen LogP contribution is 2.11. The van der Waals surface area contributed by atoms with Crippen molar-refractivity contribution >= 4 is 5.91 Å². The van der Waals surface area contributed by atoms with Crippen molar-refractivity contribution in [2.45, 2.75) is 45.4 Å². The van der Waals surface area contributed by atoms with Crippen molar-refractivity contribution in [3.8, 4) is 0 Å². The van der Waals surface area contributed by atoms with E-state index in [2.05, 4.69) is 12.2 Å². The van der Waals surface area contributed by atoms with Crippen molar-refractivity contribution in [3.63, 3.8) is 0 Å². The predicted octanol–water partition coefficient (Wildman–Crippen LogP) is 1.21. The molecule has 0 spiro atoms. The van der Waals surface area contributed by atoms with E-state index in [9.17, 15) is 4.79 Å². The van der Waals surface area contributed by atoms with E-state index in [1.807, 2.05) is 18.7 Å². The highest BCUT2D eigenvalue weighted by molar-refractivity contribution is 5.80. The van der Waals surface area contributed by atoms with E-state index < -0.39 is 0 Å². The predicted molar refractivity (Wildman–Crippen MR) is 85.4 cm³/mol. The van der Waals surface area contributed by atoms with Gasteiger partial charge in [0.1, 0.15) is 0 Å². The Morgan fingerprint density at radius 2 is 2.05 bits per heavy atom. The van der Waals surface area contributed by atoms with Crippen molar-refractivity contribution in [2.24, 2.45) is 0 Å². The largest absolute Gasteiger partial charge is 0.376 e. The monoisotopic (exact) mass is 315 g/mol. The number of nitrogens with zero attached hydrogens (tertiary/aromatic N) is 1. The fraction of sp³-hybridized carbons (Fsp3) is 0.875. The first-order chi connectivity index (χ1) is 10.7. The lowest BCUT2D eigenvalue weighted by atomic mass is 10.1. The number of carbonyl (C=O) groups excluding carboxylic acids is 1. The van der Waals surface area contributed by atoms with Crippen LogP contribution in [0.2, 0.25) is 0 Å². The van der Waals surface area contributed by atoms with Gasteiger partial charge in [-0.25, -0.2) is 0 Å². The molecule has 0 aromatic carbocycles. The highest BCUT2D eigenvalue weighted by Gasteiger charge is 2.23. The minimum Gasteiger partial charge on any atom is -0.376 e. The highest BCUT2D eigenvalue weighted by atomic mass is 16.7. The third kappa shape index (κ3) is 7.54. The maximum atomic E-state index is 11.5. The summed E-state index contributed by atoms with van der Waals surface area (Å²) >= 11 is 0. The average molecular weight is 315 g/mol. The lowest BCUT2D eigenvalue weighted by molar-refractivity contribution is -0.167. The standard InChI is InChI=1S/C16H31N2O4/c1-4-21-16(22-5-2)13-20-11-7-6-8-15-12-17-9-10-18(15)14(3)19/h15-17H,3-13H2,1-2H3. The van der Waals surface area contributed by atoms with Gasteiger partial charge < -0.3 is 24.4 Å². The van der Waals surface area contributed by atoms with Crippen LogP contribution in [-0.4, -0.2) is 69.2 Å². The number of carbonyl (C=O) groups is 1. The smallest absolute Gasteiger partial charge is 0.223 e. The van der Waals surface area contributed by atoms with Gasteiger partial charge in [-0.05, 0) is 33.1 Å². The number of ether oxygens (including phenoxy) is 3. The lowest BCUT2D eigenvalue weighted by Crippen LogP contribution is -2.53. The first-order valence-electron chi connectivity index (χ1n) is 8.33. The van der Waals surface area contributed by atoms with Gasteiger partial charge in [-0.1, -0.05) is 0 Å². The molecule has 1 amide bonds. The second kappa shape index (κ2) is 11.8. The van der Waals surface area contributed by atoms with Crippen LogP contribution in [0.1, 0.15) is 33.1 Å². The molecule has 0 aromatic heterocycles. The van der Waals surface area contributed by atoms with E-state index in [1.165, 1.54) is 0 Å². The molecule has 0 bridgehead atoms. The van der Waals surface area contributed by atoms with Gasteiger partial charge in [0.2, 0.25) is 5.91 Å². The van der Waals surface area contributed by atoms with Gasteiger partial charge >= 0.3 is 0 Å². The summed E-state index contributed by atoms with van der Waals surface area (Å²) in [4.78, 5) is 13.3. The minimum absolute atomic E-state index is 0.0704. The Kier molecular flexibility index (Phi) is 10.4. The van der Waals surface area contributed by atoms with Crippen LogP contribution in [0.4, 0.5) is 0 Å². The molecule has 6 nitrogen and oxygen atoms in total. The normalized spacial score (nSPS) is 18.9. The average Bonchev–Trinajstić information content (AvgIpc) is 2.51. The number of nitrogens with one attached hydrogen (secondary N) is 1. The first-order valence-corrected chi connectivity index (χ1v) is 8.33. The summed E-state index contributed by atoms with van der Waals surface area (Å²) in [6, 6.07) is 0.262. The SMILES string of the molecule is [CH2]C(=O)N1CCNCC1CCCCOCC(OCC)OCC. The topological polar surface area (TPSA) is 60.0 Å². The Labute approximate surface area is 134 Å². The molecule has 6 heteroatoms. The van der Waals surface area contributed by atoms with Gasteiger partial charge in [0.25, 0.3) is 0 Å². The molecule has 1 unspecified atom stereocenters. The van der Waals surface area contributed by atoms with Gasteiger partial charge in [-0.15, -0.1) is 0 Å². The summed E-state index contributed by atoms with van der Waals surface area (Å²) in [6.45, 7) is 12.3. The Balaban J connectivity index is 2.10. The molecule has 0 aromatic rings. The zero-order valence-corrected chi connectivity index (χ0v) is 14.0. The molecule has 1 heterocycles. The number of amides is 1. The van der Waals surface area contributed by atoms with E-state index >= 15 is 0 Å². The van der Waals surface area contributed by atoms with E-state index in [4.69, 9.17) is 14.2 Å². The molecule has 1 fully saturated rings. The zero-order chi connectivity index (χ0) is 16.2. The third-order valence-corrected chi connectivity index (χ3v) is 3.71. The summed E-state index contributed by atoms with van der Waals surface area (Å²) < 4.78 is 16.4. The Hall–Kier alpha value is -0.690. The number of hydrogen-bond donors (Lipinski definition) is 1. The first kappa shape index (κ1) is 19.4.